The highest BCUT2D eigenvalue weighted by Crippen LogP contribution is 2.30. The van der Waals surface area contributed by atoms with E-state index in [1.807, 2.05) is 13.8 Å². The lowest BCUT2D eigenvalue weighted by Gasteiger charge is -2.27. The maximum absolute atomic E-state index is 11.4. The SMILES string of the molecule is CCC(C)C(=O)OCCOOCC1CCCCC1C(=O)O. The Labute approximate surface area is 125 Å². The van der Waals surface area contributed by atoms with Crippen molar-refractivity contribution in [2.45, 2.75) is 46.0 Å². The van der Waals surface area contributed by atoms with Gasteiger partial charge in [-0.05, 0) is 25.2 Å². The summed E-state index contributed by atoms with van der Waals surface area (Å²) >= 11 is 0. The Balaban J connectivity index is 2.10. The first kappa shape index (κ1) is 17.9. The highest BCUT2D eigenvalue weighted by Gasteiger charge is 2.31. The van der Waals surface area contributed by atoms with Gasteiger partial charge in [-0.1, -0.05) is 26.7 Å². The van der Waals surface area contributed by atoms with Gasteiger partial charge in [-0.3, -0.25) is 9.59 Å². The van der Waals surface area contributed by atoms with Crippen molar-refractivity contribution in [1.29, 1.82) is 0 Å². The molecule has 0 spiro atoms. The molecule has 0 saturated heterocycles. The van der Waals surface area contributed by atoms with Crippen molar-refractivity contribution in [3.8, 4) is 0 Å². The Bertz CT molecular complexity index is 330. The largest absolute Gasteiger partial charge is 0.481 e. The van der Waals surface area contributed by atoms with E-state index in [0.717, 1.165) is 25.7 Å². The first-order valence-electron chi connectivity index (χ1n) is 7.70. The van der Waals surface area contributed by atoms with Crippen LogP contribution in [0.25, 0.3) is 0 Å². The quantitative estimate of drug-likeness (QED) is 0.305. The van der Waals surface area contributed by atoms with E-state index in [0.29, 0.717) is 6.42 Å². The van der Waals surface area contributed by atoms with Crippen molar-refractivity contribution in [2.75, 3.05) is 19.8 Å². The summed E-state index contributed by atoms with van der Waals surface area (Å²) in [6.45, 7) is 4.32. The van der Waals surface area contributed by atoms with Gasteiger partial charge in [0.2, 0.25) is 0 Å². The van der Waals surface area contributed by atoms with Crippen LogP contribution in [-0.2, 0) is 24.1 Å². The first-order chi connectivity index (χ1) is 10.1. The standard InChI is InChI=1S/C15H26O6/c1-3-11(2)15(18)19-8-9-20-21-10-12-6-4-5-7-13(12)14(16)17/h11-13H,3-10H2,1-2H3,(H,16,17). The van der Waals surface area contributed by atoms with Gasteiger partial charge in [-0.2, -0.15) is 0 Å². The third-order valence-corrected chi connectivity index (χ3v) is 4.02. The number of aliphatic carboxylic acids is 1. The predicted molar refractivity (Wildman–Crippen MR) is 75.4 cm³/mol. The van der Waals surface area contributed by atoms with Crippen molar-refractivity contribution in [2.24, 2.45) is 17.8 Å². The lowest BCUT2D eigenvalue weighted by atomic mass is 9.80. The van der Waals surface area contributed by atoms with Gasteiger partial charge < -0.3 is 9.84 Å². The number of hydrogen-bond acceptors (Lipinski definition) is 5. The second-order valence-electron chi connectivity index (χ2n) is 5.57. The van der Waals surface area contributed by atoms with Crippen molar-refractivity contribution < 1.29 is 29.2 Å². The molecule has 0 aromatic carbocycles. The van der Waals surface area contributed by atoms with Gasteiger partial charge in [0.05, 0.1) is 18.4 Å². The number of ether oxygens (including phenoxy) is 1. The summed E-state index contributed by atoms with van der Waals surface area (Å²) in [5.41, 5.74) is 0. The number of carboxylic acid groups (broad SMARTS) is 1. The average molecular weight is 302 g/mol. The minimum atomic E-state index is -0.759. The van der Waals surface area contributed by atoms with E-state index in [1.165, 1.54) is 0 Å². The minimum Gasteiger partial charge on any atom is -0.481 e. The topological polar surface area (TPSA) is 82.1 Å². The second-order valence-corrected chi connectivity index (χ2v) is 5.57. The molecule has 0 radical (unpaired) electrons. The van der Waals surface area contributed by atoms with Crippen molar-refractivity contribution in [1.82, 2.24) is 0 Å². The molecular formula is C15H26O6. The molecule has 1 rings (SSSR count). The molecule has 1 aliphatic rings. The van der Waals surface area contributed by atoms with E-state index in [1.54, 1.807) is 0 Å². The lowest BCUT2D eigenvalue weighted by molar-refractivity contribution is -0.307. The average Bonchev–Trinajstić information content (AvgIpc) is 2.49. The number of rotatable bonds is 9. The fourth-order valence-electron chi connectivity index (χ4n) is 2.41. The maximum Gasteiger partial charge on any atom is 0.308 e. The summed E-state index contributed by atoms with van der Waals surface area (Å²) < 4.78 is 5.01. The molecule has 122 valence electrons. The molecule has 3 atom stereocenters. The van der Waals surface area contributed by atoms with Gasteiger partial charge in [0.15, 0.2) is 0 Å². The molecule has 1 saturated carbocycles. The molecule has 0 heterocycles. The van der Waals surface area contributed by atoms with Crippen LogP contribution in [0.5, 0.6) is 0 Å². The van der Waals surface area contributed by atoms with Crippen LogP contribution in [0.3, 0.4) is 0 Å². The van der Waals surface area contributed by atoms with E-state index in [4.69, 9.17) is 19.6 Å². The Hall–Kier alpha value is -1.14. The monoisotopic (exact) mass is 302 g/mol. The maximum atomic E-state index is 11.4. The third kappa shape index (κ3) is 6.44. The van der Waals surface area contributed by atoms with Crippen LogP contribution in [0.15, 0.2) is 0 Å². The molecule has 1 fully saturated rings. The highest BCUT2D eigenvalue weighted by molar-refractivity contribution is 5.71. The highest BCUT2D eigenvalue weighted by atomic mass is 17.2. The van der Waals surface area contributed by atoms with E-state index >= 15 is 0 Å². The Morgan fingerprint density at radius 1 is 1.19 bits per heavy atom. The molecule has 0 aromatic rings. The van der Waals surface area contributed by atoms with Gasteiger partial charge in [-0.25, -0.2) is 9.78 Å². The smallest absolute Gasteiger partial charge is 0.308 e. The molecule has 6 heteroatoms. The lowest BCUT2D eigenvalue weighted by Crippen LogP contribution is -2.30. The van der Waals surface area contributed by atoms with Crippen LogP contribution in [-0.4, -0.2) is 36.9 Å². The zero-order valence-electron chi connectivity index (χ0n) is 12.9. The summed E-state index contributed by atoms with van der Waals surface area (Å²) in [4.78, 5) is 32.5. The molecule has 1 aliphatic carbocycles. The van der Waals surface area contributed by atoms with Crippen LogP contribution >= 0.6 is 0 Å². The molecule has 3 unspecified atom stereocenters. The van der Waals surface area contributed by atoms with Gasteiger partial charge in [0.25, 0.3) is 0 Å². The van der Waals surface area contributed by atoms with Crippen molar-refractivity contribution in [3.63, 3.8) is 0 Å². The normalized spacial score (nSPS) is 23.5. The predicted octanol–water partition coefficient (Wildman–Crippen LogP) is 2.41. The zero-order chi connectivity index (χ0) is 15.7. The van der Waals surface area contributed by atoms with E-state index < -0.39 is 5.97 Å². The second kappa shape index (κ2) is 9.73. The summed E-state index contributed by atoms with van der Waals surface area (Å²) in [6, 6.07) is 0. The van der Waals surface area contributed by atoms with Gasteiger partial charge in [0.1, 0.15) is 13.2 Å². The molecule has 1 N–H and O–H groups in total. The summed E-state index contributed by atoms with van der Waals surface area (Å²) in [5, 5.41) is 9.13. The first-order valence-corrected chi connectivity index (χ1v) is 7.70. The Morgan fingerprint density at radius 2 is 1.90 bits per heavy atom. The molecule has 6 nitrogen and oxygen atoms in total. The summed E-state index contributed by atoms with van der Waals surface area (Å²) in [5.74, 6) is -1.45. The van der Waals surface area contributed by atoms with Crippen LogP contribution in [0, 0.1) is 17.8 Å². The van der Waals surface area contributed by atoms with Gasteiger partial charge in [-0.15, -0.1) is 0 Å². The zero-order valence-corrected chi connectivity index (χ0v) is 12.9. The van der Waals surface area contributed by atoms with E-state index in [2.05, 4.69) is 0 Å². The van der Waals surface area contributed by atoms with E-state index in [9.17, 15) is 9.59 Å². The molecule has 21 heavy (non-hydrogen) atoms. The molecular weight excluding hydrogens is 276 g/mol. The van der Waals surface area contributed by atoms with Crippen LogP contribution < -0.4 is 0 Å². The molecule has 0 aromatic heterocycles. The number of carbonyl (C=O) groups is 2. The van der Waals surface area contributed by atoms with Crippen LogP contribution in [0.4, 0.5) is 0 Å². The number of carboxylic acids is 1. The van der Waals surface area contributed by atoms with Crippen LogP contribution in [0.1, 0.15) is 46.0 Å². The summed E-state index contributed by atoms with van der Waals surface area (Å²) in [6.07, 6.45) is 4.29. The Morgan fingerprint density at radius 3 is 2.57 bits per heavy atom. The van der Waals surface area contributed by atoms with E-state index in [-0.39, 0.29) is 43.5 Å². The van der Waals surface area contributed by atoms with Crippen molar-refractivity contribution >= 4 is 11.9 Å². The fourth-order valence-corrected chi connectivity index (χ4v) is 2.41. The van der Waals surface area contributed by atoms with Gasteiger partial charge in [0, 0.05) is 0 Å². The fraction of sp³-hybridized carbons (Fsp3) is 0.867. The number of hydrogen-bond donors (Lipinski definition) is 1. The molecule has 0 amide bonds. The third-order valence-electron chi connectivity index (χ3n) is 4.02. The summed E-state index contributed by atoms with van der Waals surface area (Å²) in [7, 11) is 0. The number of esters is 1. The van der Waals surface area contributed by atoms with Crippen molar-refractivity contribution in [3.05, 3.63) is 0 Å². The van der Waals surface area contributed by atoms with Crippen LogP contribution in [0.2, 0.25) is 0 Å². The number of carbonyl (C=O) groups excluding carboxylic acids is 1. The molecule has 0 bridgehead atoms. The molecule has 0 aliphatic heterocycles. The Kier molecular flexibility index (Phi) is 8.30. The minimum absolute atomic E-state index is 0.00101. The van der Waals surface area contributed by atoms with Gasteiger partial charge >= 0.3 is 11.9 Å².